The third-order valence-electron chi connectivity index (χ3n) is 4.28. The predicted octanol–water partition coefficient (Wildman–Crippen LogP) is 4.72. The fraction of sp³-hybridized carbons (Fsp3) is 0.211. The van der Waals surface area contributed by atoms with Crippen molar-refractivity contribution in [3.8, 4) is 0 Å². The van der Waals surface area contributed by atoms with Crippen molar-refractivity contribution < 1.29 is 4.79 Å². The number of rotatable bonds is 3. The van der Waals surface area contributed by atoms with Gasteiger partial charge in [-0.15, -0.1) is 11.8 Å². The van der Waals surface area contributed by atoms with E-state index in [1.165, 1.54) is 10.4 Å². The summed E-state index contributed by atoms with van der Waals surface area (Å²) >= 11 is 8.04. The van der Waals surface area contributed by atoms with E-state index in [4.69, 9.17) is 11.6 Å². The van der Waals surface area contributed by atoms with Gasteiger partial charge in [-0.1, -0.05) is 48.9 Å². The number of nitrogens with zero attached hydrogens (tertiary/aromatic N) is 1. The molecule has 24 heavy (non-hydrogen) atoms. The van der Waals surface area contributed by atoms with Gasteiger partial charge in [0.15, 0.2) is 0 Å². The topological polar surface area (TPSA) is 34.0 Å². The Hall–Kier alpha value is -1.91. The third-order valence-corrected chi connectivity index (χ3v) is 5.78. The molecule has 0 saturated carbocycles. The lowest BCUT2D eigenvalue weighted by atomic mass is 10.2. The van der Waals surface area contributed by atoms with Crippen molar-refractivity contribution in [2.45, 2.75) is 30.2 Å². The molecule has 3 aromatic rings. The third kappa shape index (κ3) is 2.70. The summed E-state index contributed by atoms with van der Waals surface area (Å²) in [5, 5.41) is 5.24. The molecular weight excluding hydrogens is 340 g/mol. The van der Waals surface area contributed by atoms with E-state index in [0.29, 0.717) is 16.8 Å². The number of thioether (sulfide) groups is 1. The minimum atomic E-state index is -0.0591. The number of aromatic nitrogens is 1. The molecule has 1 aliphatic rings. The molecule has 2 aromatic carbocycles. The molecule has 4 rings (SSSR count). The van der Waals surface area contributed by atoms with Crippen LogP contribution in [0, 0.1) is 0 Å². The van der Waals surface area contributed by atoms with E-state index in [2.05, 4.69) is 35.0 Å². The second-order valence-corrected chi connectivity index (χ2v) is 7.92. The molecule has 1 atom stereocenters. The van der Waals surface area contributed by atoms with Crippen LogP contribution in [0.1, 0.15) is 23.0 Å². The number of benzene rings is 2. The molecule has 0 aliphatic carbocycles. The van der Waals surface area contributed by atoms with E-state index in [9.17, 15) is 4.79 Å². The summed E-state index contributed by atoms with van der Waals surface area (Å²) in [4.78, 5) is 14.0. The van der Waals surface area contributed by atoms with Crippen molar-refractivity contribution in [2.75, 3.05) is 0 Å². The van der Waals surface area contributed by atoms with Gasteiger partial charge in [-0.05, 0) is 23.8 Å². The zero-order valence-electron chi connectivity index (χ0n) is 13.3. The molecular formula is C19H17ClN2OS. The van der Waals surface area contributed by atoms with Gasteiger partial charge >= 0.3 is 0 Å². The van der Waals surface area contributed by atoms with E-state index in [-0.39, 0.29) is 5.91 Å². The summed E-state index contributed by atoms with van der Waals surface area (Å²) in [7, 11) is 0. The van der Waals surface area contributed by atoms with E-state index >= 15 is 0 Å². The van der Waals surface area contributed by atoms with Gasteiger partial charge in [0.2, 0.25) is 0 Å². The molecule has 0 unspecified atom stereocenters. The first kappa shape index (κ1) is 15.6. The number of carbonyl (C=O) groups is 1. The maximum Gasteiger partial charge on any atom is 0.268 e. The van der Waals surface area contributed by atoms with Crippen LogP contribution in [0.15, 0.2) is 53.4 Å². The van der Waals surface area contributed by atoms with Crippen LogP contribution < -0.4 is 5.32 Å². The molecule has 5 heteroatoms. The molecule has 1 N–H and O–H groups in total. The highest BCUT2D eigenvalue weighted by Gasteiger charge is 2.23. The molecule has 0 spiro atoms. The first-order valence-electron chi connectivity index (χ1n) is 7.94. The molecule has 1 aromatic heterocycles. The Morgan fingerprint density at radius 3 is 2.96 bits per heavy atom. The summed E-state index contributed by atoms with van der Waals surface area (Å²) in [5.74, 6) is -0.0591. The van der Waals surface area contributed by atoms with E-state index in [0.717, 1.165) is 23.2 Å². The standard InChI is InChI=1S/C19H17ClN2OS/c1-12-11-22-16(9-13-6-4-8-17(24-12)18(13)22)19(23)21-10-14-5-2-3-7-15(14)20/h2-9,12H,10-11H2,1H3,(H,21,23)/t12-/m1/s1. The number of carbonyl (C=O) groups excluding carboxylic acids is 1. The lowest BCUT2D eigenvalue weighted by Gasteiger charge is -2.22. The SMILES string of the molecule is C[C@@H]1Cn2c(C(=O)NCc3ccccc3Cl)cc3cccc(c32)S1. The van der Waals surface area contributed by atoms with Crippen molar-refractivity contribution >= 4 is 40.2 Å². The molecule has 0 saturated heterocycles. The summed E-state index contributed by atoms with van der Waals surface area (Å²) in [6.45, 7) is 3.47. The monoisotopic (exact) mass is 356 g/mol. The molecule has 1 aliphatic heterocycles. The first-order chi connectivity index (χ1) is 11.6. The Balaban J connectivity index is 1.65. The van der Waals surface area contributed by atoms with Crippen LogP contribution in [0.4, 0.5) is 0 Å². The van der Waals surface area contributed by atoms with Crippen LogP contribution >= 0.6 is 23.4 Å². The van der Waals surface area contributed by atoms with Crippen LogP contribution in [0.2, 0.25) is 5.02 Å². The number of amides is 1. The maximum atomic E-state index is 12.7. The predicted molar refractivity (Wildman–Crippen MR) is 99.9 cm³/mol. The first-order valence-corrected chi connectivity index (χ1v) is 9.20. The Morgan fingerprint density at radius 1 is 1.29 bits per heavy atom. The highest BCUT2D eigenvalue weighted by Crippen LogP contribution is 2.38. The molecule has 1 amide bonds. The van der Waals surface area contributed by atoms with E-state index < -0.39 is 0 Å². The van der Waals surface area contributed by atoms with Gasteiger partial charge in [0.25, 0.3) is 5.91 Å². The zero-order chi connectivity index (χ0) is 16.7. The Labute approximate surface area is 150 Å². The number of hydrogen-bond acceptors (Lipinski definition) is 2. The summed E-state index contributed by atoms with van der Waals surface area (Å²) in [6, 6.07) is 15.8. The number of hydrogen-bond donors (Lipinski definition) is 1. The normalized spacial score (nSPS) is 16.3. The number of nitrogens with one attached hydrogen (secondary N) is 1. The minimum absolute atomic E-state index is 0.0591. The van der Waals surface area contributed by atoms with Crippen LogP contribution in [0.3, 0.4) is 0 Å². The van der Waals surface area contributed by atoms with Crippen molar-refractivity contribution in [1.29, 1.82) is 0 Å². The Morgan fingerprint density at radius 2 is 2.12 bits per heavy atom. The van der Waals surface area contributed by atoms with Crippen LogP contribution in [0.25, 0.3) is 10.9 Å². The average molecular weight is 357 g/mol. The van der Waals surface area contributed by atoms with Crippen molar-refractivity contribution in [1.82, 2.24) is 9.88 Å². The van der Waals surface area contributed by atoms with Crippen LogP contribution in [0.5, 0.6) is 0 Å². The molecule has 0 bridgehead atoms. The van der Waals surface area contributed by atoms with Crippen molar-refractivity contribution in [3.05, 3.63) is 64.8 Å². The van der Waals surface area contributed by atoms with Gasteiger partial charge in [-0.3, -0.25) is 4.79 Å². The Bertz CT molecular complexity index is 934. The van der Waals surface area contributed by atoms with E-state index in [1.54, 1.807) is 0 Å². The highest BCUT2D eigenvalue weighted by atomic mass is 35.5. The average Bonchev–Trinajstić information content (AvgIpc) is 2.94. The zero-order valence-corrected chi connectivity index (χ0v) is 14.8. The fourth-order valence-electron chi connectivity index (χ4n) is 3.18. The number of halogens is 1. The lowest BCUT2D eigenvalue weighted by Crippen LogP contribution is -2.27. The van der Waals surface area contributed by atoms with Crippen molar-refractivity contribution in [3.63, 3.8) is 0 Å². The van der Waals surface area contributed by atoms with E-state index in [1.807, 2.05) is 42.1 Å². The fourth-order valence-corrected chi connectivity index (χ4v) is 4.54. The lowest BCUT2D eigenvalue weighted by molar-refractivity contribution is 0.0942. The maximum absolute atomic E-state index is 12.7. The molecule has 3 nitrogen and oxygen atoms in total. The van der Waals surface area contributed by atoms with Crippen LogP contribution in [-0.4, -0.2) is 15.7 Å². The van der Waals surface area contributed by atoms with Gasteiger partial charge in [0.1, 0.15) is 5.69 Å². The summed E-state index contributed by atoms with van der Waals surface area (Å²) in [5.41, 5.74) is 2.81. The summed E-state index contributed by atoms with van der Waals surface area (Å²) in [6.07, 6.45) is 0. The second kappa shape index (κ2) is 6.19. The Kier molecular flexibility index (Phi) is 4.02. The molecule has 0 fully saturated rings. The largest absolute Gasteiger partial charge is 0.347 e. The quantitative estimate of drug-likeness (QED) is 0.736. The highest BCUT2D eigenvalue weighted by molar-refractivity contribution is 8.00. The van der Waals surface area contributed by atoms with Gasteiger partial charge in [0, 0.05) is 33.6 Å². The molecule has 2 heterocycles. The molecule has 0 radical (unpaired) electrons. The number of para-hydroxylation sites is 1. The van der Waals surface area contributed by atoms with Gasteiger partial charge in [-0.2, -0.15) is 0 Å². The minimum Gasteiger partial charge on any atom is -0.347 e. The van der Waals surface area contributed by atoms with Gasteiger partial charge < -0.3 is 9.88 Å². The summed E-state index contributed by atoms with van der Waals surface area (Å²) < 4.78 is 2.15. The van der Waals surface area contributed by atoms with Gasteiger partial charge in [0.05, 0.1) is 5.52 Å². The molecule has 122 valence electrons. The van der Waals surface area contributed by atoms with Crippen LogP contribution in [-0.2, 0) is 13.1 Å². The smallest absolute Gasteiger partial charge is 0.268 e. The van der Waals surface area contributed by atoms with Gasteiger partial charge in [-0.25, -0.2) is 0 Å². The van der Waals surface area contributed by atoms with Crippen molar-refractivity contribution in [2.24, 2.45) is 0 Å². The second-order valence-electron chi connectivity index (χ2n) is 6.04.